The number of oxazole rings is 1. The van der Waals surface area contributed by atoms with Gasteiger partial charge in [0.25, 0.3) is 0 Å². The molecule has 7 aromatic carbocycles. The molecule has 10 rings (SSSR count). The quantitative estimate of drug-likeness (QED) is 0.186. The molecule has 50 heavy (non-hydrogen) atoms. The van der Waals surface area contributed by atoms with Gasteiger partial charge in [0, 0.05) is 39.1 Å². The van der Waals surface area contributed by atoms with Gasteiger partial charge in [-0.05, 0) is 46.2 Å². The van der Waals surface area contributed by atoms with Gasteiger partial charge in [0.15, 0.2) is 23.1 Å². The lowest BCUT2D eigenvalue weighted by atomic mass is 9.95. The number of fused-ring (bicyclic) bond motifs is 5. The number of hydrogen-bond acceptors (Lipinski definition) is 6. The summed E-state index contributed by atoms with van der Waals surface area (Å²) >= 11 is 0. The van der Waals surface area contributed by atoms with E-state index >= 15 is 0 Å². The van der Waals surface area contributed by atoms with Crippen molar-refractivity contribution in [1.82, 2.24) is 19.9 Å². The SMILES string of the molecule is c1ccc(-c2nc(-c3ccccc3)nc(-c3cccc4c(-c5ccc(-c6nc7cc8c(cc7o6)oc6ccccc68)cc5)cccc34)n2)cc1. The van der Waals surface area contributed by atoms with Crippen molar-refractivity contribution in [3.8, 4) is 56.7 Å². The van der Waals surface area contributed by atoms with E-state index < -0.39 is 0 Å². The van der Waals surface area contributed by atoms with Gasteiger partial charge in [-0.1, -0.05) is 127 Å². The lowest BCUT2D eigenvalue weighted by molar-refractivity contribution is 0.617. The maximum atomic E-state index is 6.23. The normalized spacial score (nSPS) is 11.6. The third-order valence-electron chi connectivity index (χ3n) is 9.19. The van der Waals surface area contributed by atoms with Gasteiger partial charge in [0.2, 0.25) is 5.89 Å². The zero-order chi connectivity index (χ0) is 33.0. The zero-order valence-corrected chi connectivity index (χ0v) is 26.6. The van der Waals surface area contributed by atoms with E-state index in [1.807, 2.05) is 91.0 Å². The van der Waals surface area contributed by atoms with Crippen LogP contribution in [0.2, 0.25) is 0 Å². The minimum absolute atomic E-state index is 0.571. The van der Waals surface area contributed by atoms with Crippen LogP contribution >= 0.6 is 0 Å². The fraction of sp³-hybridized carbons (Fsp3) is 0. The van der Waals surface area contributed by atoms with Crippen LogP contribution in [-0.2, 0) is 0 Å². The van der Waals surface area contributed by atoms with Gasteiger partial charge in [0.05, 0.1) is 0 Å². The summed E-state index contributed by atoms with van der Waals surface area (Å²) in [7, 11) is 0. The molecule has 234 valence electrons. The average Bonchev–Trinajstić information content (AvgIpc) is 3.77. The van der Waals surface area contributed by atoms with Crippen molar-refractivity contribution in [2.24, 2.45) is 0 Å². The van der Waals surface area contributed by atoms with Crippen LogP contribution in [0, 0.1) is 0 Å². The molecule has 6 nitrogen and oxygen atoms in total. The second kappa shape index (κ2) is 11.4. The molecule has 3 heterocycles. The molecule has 0 fully saturated rings. The Bertz CT molecular complexity index is 2800. The first-order valence-corrected chi connectivity index (χ1v) is 16.5. The molecule has 0 aliphatic rings. The van der Waals surface area contributed by atoms with Gasteiger partial charge >= 0.3 is 0 Å². The monoisotopic (exact) mass is 642 g/mol. The summed E-state index contributed by atoms with van der Waals surface area (Å²) in [6.45, 7) is 0. The standard InChI is InChI=1S/C44H26N4O2/c1-3-11-28(12-4-1)41-46-42(29-13-5-2-6-14-29)48-43(47-41)35-19-10-17-32-31(16-9-18-33(32)35)27-21-23-30(24-22-27)44-45-37-25-36-34-15-7-8-20-38(34)49-39(36)26-40(37)50-44/h1-26H. The summed E-state index contributed by atoms with van der Waals surface area (Å²) in [5.41, 5.74) is 9.07. The van der Waals surface area contributed by atoms with Gasteiger partial charge in [-0.3, -0.25) is 0 Å². The van der Waals surface area contributed by atoms with Crippen molar-refractivity contribution in [3.05, 3.63) is 158 Å². The summed E-state index contributed by atoms with van der Waals surface area (Å²) < 4.78 is 12.3. The molecule has 0 aliphatic carbocycles. The average molecular weight is 643 g/mol. The summed E-state index contributed by atoms with van der Waals surface area (Å²) in [5.74, 6) is 2.48. The van der Waals surface area contributed by atoms with E-state index in [1.165, 1.54) is 0 Å². The number of rotatable bonds is 5. The van der Waals surface area contributed by atoms with Crippen LogP contribution in [0.1, 0.15) is 0 Å². The number of nitrogens with zero attached hydrogens (tertiary/aromatic N) is 4. The Balaban J connectivity index is 1.04. The van der Waals surface area contributed by atoms with Crippen molar-refractivity contribution in [1.29, 1.82) is 0 Å². The van der Waals surface area contributed by atoms with Crippen molar-refractivity contribution < 1.29 is 8.83 Å². The lowest BCUT2D eigenvalue weighted by Crippen LogP contribution is -2.00. The summed E-state index contributed by atoms with van der Waals surface area (Å²) in [6.07, 6.45) is 0. The maximum Gasteiger partial charge on any atom is 0.227 e. The highest BCUT2D eigenvalue weighted by atomic mass is 16.4. The first kappa shape index (κ1) is 28.1. The minimum atomic E-state index is 0.571. The first-order chi connectivity index (χ1) is 24.7. The molecule has 3 aromatic heterocycles. The van der Waals surface area contributed by atoms with Gasteiger partial charge in [-0.15, -0.1) is 0 Å². The van der Waals surface area contributed by atoms with Gasteiger partial charge in [-0.2, -0.15) is 0 Å². The number of furan rings is 1. The van der Waals surface area contributed by atoms with Crippen LogP contribution in [0.25, 0.3) is 101 Å². The number of aromatic nitrogens is 4. The van der Waals surface area contributed by atoms with E-state index in [0.717, 1.165) is 71.6 Å². The smallest absolute Gasteiger partial charge is 0.227 e. The van der Waals surface area contributed by atoms with Crippen LogP contribution in [0.3, 0.4) is 0 Å². The third kappa shape index (κ3) is 4.73. The van der Waals surface area contributed by atoms with E-state index in [9.17, 15) is 0 Å². The predicted molar refractivity (Wildman–Crippen MR) is 199 cm³/mol. The maximum absolute atomic E-state index is 6.23. The van der Waals surface area contributed by atoms with Crippen molar-refractivity contribution in [3.63, 3.8) is 0 Å². The number of benzene rings is 7. The summed E-state index contributed by atoms with van der Waals surface area (Å²) in [5, 5.41) is 4.27. The summed E-state index contributed by atoms with van der Waals surface area (Å²) in [6, 6.07) is 53.2. The molecule has 10 aromatic rings. The molecule has 0 N–H and O–H groups in total. The molecule has 0 radical (unpaired) electrons. The highest BCUT2D eigenvalue weighted by Crippen LogP contribution is 2.37. The zero-order valence-electron chi connectivity index (χ0n) is 26.6. The summed E-state index contributed by atoms with van der Waals surface area (Å²) in [4.78, 5) is 19.7. The van der Waals surface area contributed by atoms with Crippen LogP contribution < -0.4 is 0 Å². The molecule has 0 unspecified atom stereocenters. The van der Waals surface area contributed by atoms with E-state index in [1.54, 1.807) is 0 Å². The van der Waals surface area contributed by atoms with Crippen LogP contribution in [0.4, 0.5) is 0 Å². The fourth-order valence-electron chi connectivity index (χ4n) is 6.75. The Kier molecular flexibility index (Phi) is 6.39. The first-order valence-electron chi connectivity index (χ1n) is 16.5. The highest BCUT2D eigenvalue weighted by molar-refractivity contribution is 6.09. The molecule has 0 aliphatic heterocycles. The van der Waals surface area contributed by atoms with Gasteiger partial charge < -0.3 is 8.83 Å². The van der Waals surface area contributed by atoms with Crippen LogP contribution in [0.5, 0.6) is 0 Å². The topological polar surface area (TPSA) is 77.8 Å². The molecule has 6 heteroatoms. The number of para-hydroxylation sites is 1. The Morgan fingerprint density at radius 1 is 0.320 bits per heavy atom. The highest BCUT2D eigenvalue weighted by Gasteiger charge is 2.17. The molecular weight excluding hydrogens is 617 g/mol. The van der Waals surface area contributed by atoms with Crippen molar-refractivity contribution in [2.45, 2.75) is 0 Å². The molecule has 0 bridgehead atoms. The third-order valence-corrected chi connectivity index (χ3v) is 9.19. The van der Waals surface area contributed by atoms with Crippen LogP contribution in [0.15, 0.2) is 167 Å². The lowest BCUT2D eigenvalue weighted by Gasteiger charge is -2.12. The Morgan fingerprint density at radius 3 is 1.62 bits per heavy atom. The van der Waals surface area contributed by atoms with Crippen LogP contribution in [-0.4, -0.2) is 19.9 Å². The molecule has 0 atom stereocenters. The van der Waals surface area contributed by atoms with Crippen molar-refractivity contribution >= 4 is 43.8 Å². The molecular formula is C44H26N4O2. The van der Waals surface area contributed by atoms with Crippen molar-refractivity contribution in [2.75, 3.05) is 0 Å². The Hall–Kier alpha value is -6.92. The fourth-order valence-corrected chi connectivity index (χ4v) is 6.75. The Labute approximate surface area is 286 Å². The number of hydrogen-bond donors (Lipinski definition) is 0. The molecule has 0 saturated carbocycles. The van der Waals surface area contributed by atoms with Gasteiger partial charge in [-0.25, -0.2) is 19.9 Å². The predicted octanol–water partition coefficient (Wildman–Crippen LogP) is 11.4. The van der Waals surface area contributed by atoms with Gasteiger partial charge in [0.1, 0.15) is 16.7 Å². The minimum Gasteiger partial charge on any atom is -0.456 e. The Morgan fingerprint density at radius 2 is 0.900 bits per heavy atom. The van der Waals surface area contributed by atoms with E-state index in [-0.39, 0.29) is 0 Å². The largest absolute Gasteiger partial charge is 0.456 e. The second-order valence-corrected chi connectivity index (χ2v) is 12.3. The molecule has 0 amide bonds. The van der Waals surface area contributed by atoms with E-state index in [4.69, 9.17) is 28.8 Å². The second-order valence-electron chi connectivity index (χ2n) is 12.3. The van der Waals surface area contributed by atoms with E-state index in [0.29, 0.717) is 28.9 Å². The molecule has 0 spiro atoms. The molecule has 0 saturated heterocycles. The van der Waals surface area contributed by atoms with E-state index in [2.05, 4.69) is 66.7 Å².